The molecule has 1 N–H and O–H groups in total. The fraction of sp³-hybridized carbons (Fsp3) is 0.200. The third-order valence-electron chi connectivity index (χ3n) is 4.35. The van der Waals surface area contributed by atoms with Gasteiger partial charge in [0.15, 0.2) is 17.3 Å². The van der Waals surface area contributed by atoms with Crippen molar-refractivity contribution in [3.05, 3.63) is 75.2 Å². The summed E-state index contributed by atoms with van der Waals surface area (Å²) in [5.74, 6) is -0.314. The highest BCUT2D eigenvalue weighted by Gasteiger charge is 2.15. The molecule has 3 aromatic rings. The van der Waals surface area contributed by atoms with Crippen LogP contribution in [0.3, 0.4) is 0 Å². The fourth-order valence-corrected chi connectivity index (χ4v) is 3.09. The van der Waals surface area contributed by atoms with Crippen LogP contribution in [0.15, 0.2) is 47.4 Å². The van der Waals surface area contributed by atoms with E-state index in [1.807, 2.05) is 18.2 Å². The molecule has 1 aliphatic rings. The smallest absolute Gasteiger partial charge is 0.292 e. The first kappa shape index (κ1) is 19.2. The van der Waals surface area contributed by atoms with Gasteiger partial charge in [-0.2, -0.15) is 9.78 Å². The summed E-state index contributed by atoms with van der Waals surface area (Å²) < 4.78 is 39.1. The number of fused-ring (bicyclic) bond motifs is 1. The van der Waals surface area contributed by atoms with E-state index in [9.17, 15) is 13.6 Å². The average Bonchev–Trinajstić information content (AvgIpc) is 2.95. The van der Waals surface area contributed by atoms with E-state index >= 15 is 0 Å². The molecule has 2 aromatic carbocycles. The van der Waals surface area contributed by atoms with Gasteiger partial charge in [0, 0.05) is 19.0 Å². The van der Waals surface area contributed by atoms with E-state index in [4.69, 9.17) is 21.1 Å². The standard InChI is InChI=1S/C20H16ClF2N3O3/c21-19-15(11-25-26(20(19)27)16-4-3-13(22)9-14(16)23)24-10-12-2-5-17-18(8-12)29-7-1-6-28-17/h2-5,8-9,11,24H,1,6-7,10H2. The highest BCUT2D eigenvalue weighted by molar-refractivity contribution is 6.32. The molecule has 0 atom stereocenters. The monoisotopic (exact) mass is 419 g/mol. The van der Waals surface area contributed by atoms with Gasteiger partial charge in [0.1, 0.15) is 16.5 Å². The van der Waals surface area contributed by atoms with Crippen LogP contribution < -0.4 is 20.3 Å². The maximum absolute atomic E-state index is 14.0. The lowest BCUT2D eigenvalue weighted by molar-refractivity contribution is 0.297. The number of nitrogens with one attached hydrogen (secondary N) is 1. The highest BCUT2D eigenvalue weighted by atomic mass is 35.5. The summed E-state index contributed by atoms with van der Waals surface area (Å²) in [6.45, 7) is 1.54. The van der Waals surface area contributed by atoms with Gasteiger partial charge in [0.2, 0.25) is 0 Å². The lowest BCUT2D eigenvalue weighted by Crippen LogP contribution is -2.23. The normalized spacial score (nSPS) is 13.1. The Morgan fingerprint density at radius 3 is 2.69 bits per heavy atom. The van der Waals surface area contributed by atoms with Gasteiger partial charge >= 0.3 is 0 Å². The predicted octanol–water partition coefficient (Wildman–Crippen LogP) is 3.94. The van der Waals surface area contributed by atoms with Crippen molar-refractivity contribution in [2.24, 2.45) is 0 Å². The number of halogens is 3. The van der Waals surface area contributed by atoms with Crippen LogP contribution in [0.4, 0.5) is 14.5 Å². The summed E-state index contributed by atoms with van der Waals surface area (Å²) in [5, 5.41) is 6.83. The molecule has 150 valence electrons. The zero-order chi connectivity index (χ0) is 20.4. The Bertz CT molecular complexity index is 1120. The molecule has 0 unspecified atom stereocenters. The predicted molar refractivity (Wildman–Crippen MR) is 104 cm³/mol. The van der Waals surface area contributed by atoms with Crippen LogP contribution in [0.2, 0.25) is 5.02 Å². The van der Waals surface area contributed by atoms with Crippen molar-refractivity contribution in [2.75, 3.05) is 18.5 Å². The van der Waals surface area contributed by atoms with Crippen molar-refractivity contribution >= 4 is 17.3 Å². The first-order chi connectivity index (χ1) is 14.0. The minimum Gasteiger partial charge on any atom is -0.490 e. The third kappa shape index (κ3) is 4.02. The number of benzene rings is 2. The largest absolute Gasteiger partial charge is 0.490 e. The highest BCUT2D eigenvalue weighted by Crippen LogP contribution is 2.30. The first-order valence-electron chi connectivity index (χ1n) is 8.88. The molecule has 4 rings (SSSR count). The molecule has 9 heteroatoms. The number of anilines is 1. The second kappa shape index (κ2) is 8.08. The quantitative estimate of drug-likeness (QED) is 0.694. The maximum Gasteiger partial charge on any atom is 0.292 e. The van der Waals surface area contributed by atoms with Gasteiger partial charge < -0.3 is 14.8 Å². The van der Waals surface area contributed by atoms with Crippen molar-refractivity contribution in [1.29, 1.82) is 0 Å². The lowest BCUT2D eigenvalue weighted by Gasteiger charge is -2.12. The van der Waals surface area contributed by atoms with Crippen LogP contribution >= 0.6 is 11.6 Å². The molecule has 6 nitrogen and oxygen atoms in total. The van der Waals surface area contributed by atoms with Crippen LogP contribution in [0.1, 0.15) is 12.0 Å². The Balaban J connectivity index is 1.55. The van der Waals surface area contributed by atoms with Gasteiger partial charge in [0.25, 0.3) is 5.56 Å². The maximum atomic E-state index is 14.0. The Kier molecular flexibility index (Phi) is 5.35. The minimum atomic E-state index is -0.913. The molecule has 0 saturated carbocycles. The average molecular weight is 420 g/mol. The van der Waals surface area contributed by atoms with Crippen LogP contribution in [-0.2, 0) is 6.54 Å². The lowest BCUT2D eigenvalue weighted by atomic mass is 10.2. The van der Waals surface area contributed by atoms with Crippen molar-refractivity contribution in [3.63, 3.8) is 0 Å². The summed E-state index contributed by atoms with van der Waals surface area (Å²) >= 11 is 6.16. The number of rotatable bonds is 4. The molecule has 0 saturated heterocycles. The second-order valence-electron chi connectivity index (χ2n) is 6.37. The van der Waals surface area contributed by atoms with Gasteiger partial charge in [-0.15, -0.1) is 0 Å². The van der Waals surface area contributed by atoms with E-state index < -0.39 is 17.2 Å². The number of ether oxygens (including phenoxy) is 2. The Hall–Kier alpha value is -3.13. The van der Waals surface area contributed by atoms with E-state index in [2.05, 4.69) is 10.4 Å². The topological polar surface area (TPSA) is 65.4 Å². The Morgan fingerprint density at radius 1 is 1.10 bits per heavy atom. The van der Waals surface area contributed by atoms with E-state index in [0.717, 1.165) is 28.8 Å². The zero-order valence-corrected chi connectivity index (χ0v) is 15.9. The van der Waals surface area contributed by atoms with Gasteiger partial charge in [0.05, 0.1) is 25.1 Å². The van der Waals surface area contributed by atoms with Gasteiger partial charge in [-0.3, -0.25) is 4.79 Å². The van der Waals surface area contributed by atoms with E-state index in [1.54, 1.807) is 0 Å². The summed E-state index contributed by atoms with van der Waals surface area (Å²) in [4.78, 5) is 12.5. The number of nitrogens with zero attached hydrogens (tertiary/aromatic N) is 2. The van der Waals surface area contributed by atoms with E-state index in [-0.39, 0.29) is 10.7 Å². The molecule has 1 aromatic heterocycles. The summed E-state index contributed by atoms with van der Waals surface area (Å²) in [6.07, 6.45) is 2.13. The van der Waals surface area contributed by atoms with Crippen LogP contribution in [0, 0.1) is 11.6 Å². The summed E-state index contributed by atoms with van der Waals surface area (Å²) in [7, 11) is 0. The molecule has 0 aliphatic carbocycles. The van der Waals surface area contributed by atoms with Crippen LogP contribution in [-0.4, -0.2) is 23.0 Å². The summed E-state index contributed by atoms with van der Waals surface area (Å²) in [5.41, 5.74) is 0.273. The Labute approximate surface area is 169 Å². The number of hydrogen-bond acceptors (Lipinski definition) is 5. The second-order valence-corrected chi connectivity index (χ2v) is 6.75. The van der Waals surface area contributed by atoms with Gasteiger partial charge in [-0.1, -0.05) is 17.7 Å². The van der Waals surface area contributed by atoms with Crippen molar-refractivity contribution in [1.82, 2.24) is 9.78 Å². The van der Waals surface area contributed by atoms with Crippen molar-refractivity contribution in [2.45, 2.75) is 13.0 Å². The number of hydrogen-bond donors (Lipinski definition) is 1. The molecule has 29 heavy (non-hydrogen) atoms. The molecule has 0 bridgehead atoms. The van der Waals surface area contributed by atoms with E-state index in [1.165, 1.54) is 6.20 Å². The first-order valence-corrected chi connectivity index (χ1v) is 9.26. The van der Waals surface area contributed by atoms with Crippen LogP contribution in [0.25, 0.3) is 5.69 Å². The summed E-state index contributed by atoms with van der Waals surface area (Å²) in [6, 6.07) is 8.39. The molecule has 0 spiro atoms. The Morgan fingerprint density at radius 2 is 1.90 bits per heavy atom. The molecule has 1 aliphatic heterocycles. The van der Waals surface area contributed by atoms with Gasteiger partial charge in [-0.05, 0) is 29.8 Å². The minimum absolute atomic E-state index is 0.155. The van der Waals surface area contributed by atoms with Crippen molar-refractivity contribution < 1.29 is 18.3 Å². The SMILES string of the molecule is O=c1c(Cl)c(NCc2ccc3c(c2)OCCCO3)cnn1-c1ccc(F)cc1F. The van der Waals surface area contributed by atoms with Crippen molar-refractivity contribution in [3.8, 4) is 17.2 Å². The molecule has 2 heterocycles. The van der Waals surface area contributed by atoms with Gasteiger partial charge in [-0.25, -0.2) is 8.78 Å². The van der Waals surface area contributed by atoms with Crippen LogP contribution in [0.5, 0.6) is 11.5 Å². The fourth-order valence-electron chi connectivity index (χ4n) is 2.90. The zero-order valence-electron chi connectivity index (χ0n) is 15.1. The molecular formula is C20H16ClF2N3O3. The molecule has 0 amide bonds. The van der Waals surface area contributed by atoms with E-state index in [0.29, 0.717) is 43.0 Å². The number of aromatic nitrogens is 2. The third-order valence-corrected chi connectivity index (χ3v) is 4.72. The molecule has 0 radical (unpaired) electrons. The molecule has 0 fully saturated rings. The molecular weight excluding hydrogens is 404 g/mol.